The minimum Gasteiger partial charge on any atom is -0.387 e. The number of rotatable bonds is 2. The van der Waals surface area contributed by atoms with Crippen LogP contribution in [-0.4, -0.2) is 25.0 Å². The Hall–Kier alpha value is -2.80. The van der Waals surface area contributed by atoms with E-state index in [4.69, 9.17) is 11.5 Å². The van der Waals surface area contributed by atoms with E-state index in [-0.39, 0.29) is 17.3 Å². The van der Waals surface area contributed by atoms with Crippen LogP contribution >= 0.6 is 0 Å². The fourth-order valence-corrected chi connectivity index (χ4v) is 2.02. The van der Waals surface area contributed by atoms with Crippen molar-refractivity contribution in [2.24, 2.45) is 0 Å². The summed E-state index contributed by atoms with van der Waals surface area (Å²) in [5, 5.41) is 9.62. The molecular formula is C14H14N6O. The lowest BCUT2D eigenvalue weighted by atomic mass is 10.2. The van der Waals surface area contributed by atoms with Gasteiger partial charge in [0.25, 0.3) is 0 Å². The number of aromatic nitrogens is 4. The number of nitrogens with zero attached hydrogens (tertiary/aromatic N) is 4. The second-order valence-corrected chi connectivity index (χ2v) is 4.64. The van der Waals surface area contributed by atoms with Gasteiger partial charge in [-0.3, -0.25) is 0 Å². The quantitative estimate of drug-likeness (QED) is 0.647. The Balaban J connectivity index is 2.23. The number of aliphatic hydroxyl groups is 1. The predicted octanol–water partition coefficient (Wildman–Crippen LogP) is 1.30. The molecule has 0 aliphatic carbocycles. The first-order valence-electron chi connectivity index (χ1n) is 6.40. The average molecular weight is 282 g/mol. The van der Waals surface area contributed by atoms with Crippen molar-refractivity contribution in [3.05, 3.63) is 36.0 Å². The van der Waals surface area contributed by atoms with E-state index < -0.39 is 6.10 Å². The van der Waals surface area contributed by atoms with Gasteiger partial charge in [0.1, 0.15) is 5.69 Å². The first-order valence-corrected chi connectivity index (χ1v) is 6.40. The van der Waals surface area contributed by atoms with Crippen LogP contribution in [0.2, 0.25) is 0 Å². The molecule has 5 N–H and O–H groups in total. The summed E-state index contributed by atoms with van der Waals surface area (Å²) in [6.45, 7) is 1.56. The molecule has 0 amide bonds. The monoisotopic (exact) mass is 282 g/mol. The lowest BCUT2D eigenvalue weighted by Crippen LogP contribution is -2.08. The lowest BCUT2D eigenvalue weighted by molar-refractivity contribution is 0.195. The maximum atomic E-state index is 9.62. The van der Waals surface area contributed by atoms with E-state index in [0.717, 1.165) is 5.56 Å². The summed E-state index contributed by atoms with van der Waals surface area (Å²) < 4.78 is 0. The third-order valence-corrected chi connectivity index (χ3v) is 3.04. The molecule has 2 heterocycles. The topological polar surface area (TPSA) is 124 Å². The largest absolute Gasteiger partial charge is 0.387 e. The van der Waals surface area contributed by atoms with Gasteiger partial charge in [0.05, 0.1) is 6.10 Å². The van der Waals surface area contributed by atoms with Crippen molar-refractivity contribution in [1.82, 2.24) is 19.9 Å². The van der Waals surface area contributed by atoms with E-state index in [1.54, 1.807) is 6.92 Å². The Morgan fingerprint density at radius 1 is 0.952 bits per heavy atom. The van der Waals surface area contributed by atoms with E-state index in [9.17, 15) is 5.11 Å². The first kappa shape index (κ1) is 13.2. The molecule has 1 atom stereocenters. The van der Waals surface area contributed by atoms with Gasteiger partial charge in [0.15, 0.2) is 28.6 Å². The molecule has 7 nitrogen and oxygen atoms in total. The van der Waals surface area contributed by atoms with Gasteiger partial charge in [0, 0.05) is 5.56 Å². The molecule has 0 saturated heterocycles. The van der Waals surface area contributed by atoms with E-state index in [1.807, 2.05) is 30.3 Å². The minimum atomic E-state index is -0.838. The Morgan fingerprint density at radius 3 is 2.33 bits per heavy atom. The predicted molar refractivity (Wildman–Crippen MR) is 80.0 cm³/mol. The van der Waals surface area contributed by atoms with Gasteiger partial charge >= 0.3 is 0 Å². The summed E-state index contributed by atoms with van der Waals surface area (Å²) in [5.41, 5.74) is 13.5. The molecule has 21 heavy (non-hydrogen) atoms. The molecule has 1 aromatic carbocycles. The summed E-state index contributed by atoms with van der Waals surface area (Å²) in [5.74, 6) is 0.793. The molecule has 0 saturated carbocycles. The summed E-state index contributed by atoms with van der Waals surface area (Å²) in [6, 6.07) is 9.43. The number of benzene rings is 1. The Labute approximate surface area is 120 Å². The molecular weight excluding hydrogens is 268 g/mol. The number of hydrogen-bond acceptors (Lipinski definition) is 7. The number of anilines is 2. The van der Waals surface area contributed by atoms with E-state index in [1.165, 1.54) is 0 Å². The number of fused-ring (bicyclic) bond motifs is 1. The van der Waals surface area contributed by atoms with Crippen LogP contribution in [0.4, 0.5) is 11.6 Å². The second kappa shape index (κ2) is 4.95. The molecule has 7 heteroatoms. The van der Waals surface area contributed by atoms with Gasteiger partial charge in [-0.25, -0.2) is 19.9 Å². The van der Waals surface area contributed by atoms with Gasteiger partial charge in [0.2, 0.25) is 0 Å². The fourth-order valence-electron chi connectivity index (χ4n) is 2.02. The van der Waals surface area contributed by atoms with Gasteiger partial charge in [-0.1, -0.05) is 30.3 Å². The molecule has 0 radical (unpaired) electrons. The zero-order valence-electron chi connectivity index (χ0n) is 11.4. The van der Waals surface area contributed by atoms with Crippen LogP contribution in [0.3, 0.4) is 0 Å². The summed E-state index contributed by atoms with van der Waals surface area (Å²) in [4.78, 5) is 17.0. The summed E-state index contributed by atoms with van der Waals surface area (Å²) in [7, 11) is 0. The fraction of sp³-hybridized carbons (Fsp3) is 0.143. The Kier molecular flexibility index (Phi) is 3.11. The van der Waals surface area contributed by atoms with Crippen molar-refractivity contribution < 1.29 is 5.11 Å². The highest BCUT2D eigenvalue weighted by atomic mass is 16.3. The highest BCUT2D eigenvalue weighted by molar-refractivity contribution is 5.84. The highest BCUT2D eigenvalue weighted by Crippen LogP contribution is 2.24. The Bertz CT molecular complexity index is 803. The number of aliphatic hydroxyl groups excluding tert-OH is 1. The summed E-state index contributed by atoms with van der Waals surface area (Å²) >= 11 is 0. The SMILES string of the molecule is C[C@H](O)c1nc2c(N)nc(-c3ccccc3)nc2nc1N. The molecule has 106 valence electrons. The van der Waals surface area contributed by atoms with Crippen molar-refractivity contribution in [2.75, 3.05) is 11.5 Å². The molecule has 2 aromatic heterocycles. The smallest absolute Gasteiger partial charge is 0.186 e. The van der Waals surface area contributed by atoms with Gasteiger partial charge in [-0.05, 0) is 6.92 Å². The third-order valence-electron chi connectivity index (χ3n) is 3.04. The first-order chi connectivity index (χ1) is 10.1. The number of nitrogens with two attached hydrogens (primary N) is 2. The zero-order chi connectivity index (χ0) is 15.0. The summed E-state index contributed by atoms with van der Waals surface area (Å²) in [6.07, 6.45) is -0.838. The van der Waals surface area contributed by atoms with E-state index in [0.29, 0.717) is 17.0 Å². The Morgan fingerprint density at radius 2 is 1.67 bits per heavy atom. The molecule has 0 aliphatic heterocycles. The van der Waals surface area contributed by atoms with Crippen LogP contribution in [0.5, 0.6) is 0 Å². The van der Waals surface area contributed by atoms with Crippen LogP contribution in [0.1, 0.15) is 18.7 Å². The molecule has 0 aliphatic rings. The van der Waals surface area contributed by atoms with Crippen molar-refractivity contribution in [1.29, 1.82) is 0 Å². The van der Waals surface area contributed by atoms with Gasteiger partial charge < -0.3 is 16.6 Å². The maximum Gasteiger partial charge on any atom is 0.186 e. The molecule has 0 bridgehead atoms. The van der Waals surface area contributed by atoms with Crippen LogP contribution in [-0.2, 0) is 0 Å². The van der Waals surface area contributed by atoms with Crippen LogP contribution in [0, 0.1) is 0 Å². The number of nitrogen functional groups attached to an aromatic ring is 2. The van der Waals surface area contributed by atoms with Crippen molar-refractivity contribution in [3.63, 3.8) is 0 Å². The van der Waals surface area contributed by atoms with Crippen molar-refractivity contribution >= 4 is 22.8 Å². The van der Waals surface area contributed by atoms with Crippen LogP contribution in [0.25, 0.3) is 22.6 Å². The third kappa shape index (κ3) is 2.34. The van der Waals surface area contributed by atoms with Crippen molar-refractivity contribution in [3.8, 4) is 11.4 Å². The van der Waals surface area contributed by atoms with Crippen LogP contribution in [0.15, 0.2) is 30.3 Å². The minimum absolute atomic E-state index is 0.134. The average Bonchev–Trinajstić information content (AvgIpc) is 2.47. The van der Waals surface area contributed by atoms with Gasteiger partial charge in [-0.2, -0.15) is 0 Å². The number of hydrogen-bond donors (Lipinski definition) is 3. The van der Waals surface area contributed by atoms with Gasteiger partial charge in [-0.15, -0.1) is 0 Å². The highest BCUT2D eigenvalue weighted by Gasteiger charge is 2.15. The maximum absolute atomic E-state index is 9.62. The molecule has 3 rings (SSSR count). The lowest BCUT2D eigenvalue weighted by Gasteiger charge is -2.10. The molecule has 0 unspecified atom stereocenters. The molecule has 3 aromatic rings. The standard InChI is InChI=1S/C14H14N6O/c1-7(21)9-11(15)19-14-10(17-9)12(16)18-13(20-14)8-5-3-2-4-6-8/h2-7,21H,1H3,(H4,15,16,18,19,20)/t7-/m0/s1. The molecule has 0 fully saturated rings. The zero-order valence-corrected chi connectivity index (χ0v) is 11.4. The normalized spacial score (nSPS) is 12.5. The van der Waals surface area contributed by atoms with E-state index in [2.05, 4.69) is 19.9 Å². The second-order valence-electron chi connectivity index (χ2n) is 4.64. The van der Waals surface area contributed by atoms with E-state index >= 15 is 0 Å². The van der Waals surface area contributed by atoms with Crippen molar-refractivity contribution in [2.45, 2.75) is 13.0 Å². The van der Waals surface area contributed by atoms with Crippen LogP contribution < -0.4 is 11.5 Å². The molecule has 0 spiro atoms.